The molecule has 5 nitrogen and oxygen atoms in total. The molecule has 0 spiro atoms. The number of halogens is 2. The van der Waals surface area contributed by atoms with E-state index in [0.717, 1.165) is 43.1 Å². The summed E-state index contributed by atoms with van der Waals surface area (Å²) in [5.41, 5.74) is 2.51. The van der Waals surface area contributed by atoms with Gasteiger partial charge in [0.25, 0.3) is 0 Å². The number of carbonyl (C=O) groups excluding carboxylic acids is 1. The zero-order valence-corrected chi connectivity index (χ0v) is 15.2. The van der Waals surface area contributed by atoms with Gasteiger partial charge in [0.05, 0.1) is 17.9 Å². The van der Waals surface area contributed by atoms with E-state index in [1.54, 1.807) is 17.0 Å². The molecule has 3 rings (SSSR count). The lowest BCUT2D eigenvalue weighted by atomic mass is 10.2. The third-order valence-corrected chi connectivity index (χ3v) is 4.47. The van der Waals surface area contributed by atoms with Crippen molar-refractivity contribution in [3.8, 4) is 0 Å². The van der Waals surface area contributed by atoms with Crippen molar-refractivity contribution in [3.63, 3.8) is 0 Å². The van der Waals surface area contributed by atoms with Gasteiger partial charge in [0, 0.05) is 37.8 Å². The van der Waals surface area contributed by atoms with Crippen LogP contribution in [-0.4, -0.2) is 48.6 Å². The predicted molar refractivity (Wildman–Crippen MR) is 101 cm³/mol. The molecule has 0 bridgehead atoms. The number of amides is 2. The first-order valence-electron chi connectivity index (χ1n) is 8.54. The Hall–Kier alpha value is -2.31. The molecule has 2 heterocycles. The molecule has 0 aromatic heterocycles. The molecular weight excluding hydrogens is 355 g/mol. The lowest BCUT2D eigenvalue weighted by Gasteiger charge is -2.31. The molecule has 2 saturated heterocycles. The maximum absolute atomic E-state index is 13.4. The summed E-state index contributed by atoms with van der Waals surface area (Å²) < 4.78 is 13.4. The number of hydrogen-bond acceptors (Lipinski definition) is 3. The summed E-state index contributed by atoms with van der Waals surface area (Å²) in [4.78, 5) is 16.3. The van der Waals surface area contributed by atoms with Crippen molar-refractivity contribution in [1.29, 1.82) is 0 Å². The molecule has 26 heavy (non-hydrogen) atoms. The zero-order valence-electron chi connectivity index (χ0n) is 14.5. The molecule has 0 atom stereocenters. The normalized spacial score (nSPS) is 19.8. The van der Waals surface area contributed by atoms with Gasteiger partial charge in [0.1, 0.15) is 5.82 Å². The van der Waals surface area contributed by atoms with Crippen molar-refractivity contribution >= 4 is 17.6 Å². The first kappa shape index (κ1) is 18.5. The number of nitrogens with one attached hydrogen (secondary N) is 2. The van der Waals surface area contributed by atoms with E-state index in [-0.39, 0.29) is 11.8 Å². The number of carbonyl (C=O) groups is 1. The van der Waals surface area contributed by atoms with Crippen molar-refractivity contribution in [2.45, 2.75) is 6.54 Å². The average molecular weight is 377 g/mol. The molecule has 0 aliphatic carbocycles. The predicted octanol–water partition coefficient (Wildman–Crippen LogP) is 2.78. The van der Waals surface area contributed by atoms with E-state index in [2.05, 4.69) is 22.1 Å². The number of benzene rings is 1. The molecule has 1 aromatic rings. The van der Waals surface area contributed by atoms with Gasteiger partial charge in [-0.1, -0.05) is 30.3 Å². The summed E-state index contributed by atoms with van der Waals surface area (Å²) >= 11 is 5.88. The molecule has 2 aliphatic rings. The Morgan fingerprint density at radius 3 is 2.77 bits per heavy atom. The summed E-state index contributed by atoms with van der Waals surface area (Å²) in [5, 5.41) is 6.69. The monoisotopic (exact) mass is 376 g/mol. The number of rotatable bonds is 5. The molecule has 2 aliphatic heterocycles. The molecule has 2 fully saturated rings. The Morgan fingerprint density at radius 1 is 1.31 bits per heavy atom. The molecular formula is C19H22ClFN4O. The molecule has 1 aromatic carbocycles. The Kier molecular flexibility index (Phi) is 5.96. The van der Waals surface area contributed by atoms with E-state index in [1.807, 2.05) is 12.1 Å². The van der Waals surface area contributed by atoms with Crippen LogP contribution >= 0.6 is 11.6 Å². The van der Waals surface area contributed by atoms with E-state index >= 15 is 0 Å². The van der Waals surface area contributed by atoms with Crippen LogP contribution in [0.3, 0.4) is 0 Å². The van der Waals surface area contributed by atoms with Crippen LogP contribution < -0.4 is 10.6 Å². The number of allylic oxidation sites excluding steroid dienone is 3. The van der Waals surface area contributed by atoms with Gasteiger partial charge in [-0.3, -0.25) is 0 Å². The highest BCUT2D eigenvalue weighted by Crippen LogP contribution is 2.20. The first-order chi connectivity index (χ1) is 12.5. The van der Waals surface area contributed by atoms with Crippen LogP contribution in [0.25, 0.3) is 0 Å². The molecule has 0 unspecified atom stereocenters. The average Bonchev–Trinajstić information content (AvgIpc) is 2.96. The van der Waals surface area contributed by atoms with E-state index < -0.39 is 0 Å². The van der Waals surface area contributed by atoms with Crippen LogP contribution in [0.1, 0.15) is 5.56 Å². The van der Waals surface area contributed by atoms with Crippen LogP contribution in [-0.2, 0) is 6.54 Å². The van der Waals surface area contributed by atoms with Crippen molar-refractivity contribution in [2.24, 2.45) is 0 Å². The molecule has 0 radical (unpaired) electrons. The fraction of sp³-hybridized carbons (Fsp3) is 0.316. The minimum absolute atomic E-state index is 0.185. The molecule has 2 N–H and O–H groups in total. The quantitative estimate of drug-likeness (QED) is 0.777. The van der Waals surface area contributed by atoms with Crippen LogP contribution in [0.4, 0.5) is 9.18 Å². The summed E-state index contributed by atoms with van der Waals surface area (Å²) in [5.74, 6) is -0.303. The van der Waals surface area contributed by atoms with Crippen LogP contribution in [0.2, 0.25) is 0 Å². The first-order valence-corrected chi connectivity index (χ1v) is 8.92. The van der Waals surface area contributed by atoms with Crippen molar-refractivity contribution in [1.82, 2.24) is 20.4 Å². The molecule has 0 saturated carbocycles. The molecule has 2 amide bonds. The zero-order chi connectivity index (χ0) is 18.5. The summed E-state index contributed by atoms with van der Waals surface area (Å²) in [6.07, 6.45) is 3.62. The smallest absolute Gasteiger partial charge is 0.322 e. The van der Waals surface area contributed by atoms with Gasteiger partial charge in [0.2, 0.25) is 0 Å². The summed E-state index contributed by atoms with van der Waals surface area (Å²) in [7, 11) is 0. The Labute approximate surface area is 157 Å². The SMILES string of the molecule is C=C(Cl)/C=C\C(=C1/CN(Cc2cccc(F)c2)C(=O)N1)N1CCNCC1. The Morgan fingerprint density at radius 2 is 2.08 bits per heavy atom. The fourth-order valence-corrected chi connectivity index (χ4v) is 3.17. The highest BCUT2D eigenvalue weighted by Gasteiger charge is 2.28. The minimum atomic E-state index is -0.303. The standard InChI is InChI=1S/C19H22ClFN4O/c1-14(20)5-6-18(24-9-7-22-8-10-24)17-13-25(19(26)23-17)12-15-3-2-4-16(21)11-15/h2-6,11,22H,1,7-10,12-13H2,(H,23,26)/b6-5-,18-17-. The van der Waals surface area contributed by atoms with Crippen molar-refractivity contribution in [3.05, 3.63) is 70.8 Å². The lowest BCUT2D eigenvalue weighted by molar-refractivity contribution is 0.215. The van der Waals surface area contributed by atoms with Crippen LogP contribution in [0.5, 0.6) is 0 Å². The van der Waals surface area contributed by atoms with Gasteiger partial charge in [-0.2, -0.15) is 0 Å². The minimum Gasteiger partial charge on any atom is -0.368 e. The van der Waals surface area contributed by atoms with Crippen molar-refractivity contribution < 1.29 is 9.18 Å². The fourth-order valence-electron chi connectivity index (χ4n) is 3.11. The third-order valence-electron chi connectivity index (χ3n) is 4.35. The van der Waals surface area contributed by atoms with E-state index in [1.165, 1.54) is 12.1 Å². The topological polar surface area (TPSA) is 47.6 Å². The van der Waals surface area contributed by atoms with Gasteiger partial charge >= 0.3 is 6.03 Å². The third kappa shape index (κ3) is 4.65. The number of piperazine rings is 1. The van der Waals surface area contributed by atoms with Crippen LogP contribution in [0, 0.1) is 5.82 Å². The highest BCUT2D eigenvalue weighted by atomic mass is 35.5. The Balaban J connectivity index is 1.81. The maximum Gasteiger partial charge on any atom is 0.322 e. The van der Waals surface area contributed by atoms with E-state index in [4.69, 9.17) is 11.6 Å². The number of hydrogen-bond donors (Lipinski definition) is 2. The van der Waals surface area contributed by atoms with Gasteiger partial charge < -0.3 is 20.4 Å². The summed E-state index contributed by atoms with van der Waals surface area (Å²) in [6, 6.07) is 6.12. The second-order valence-electron chi connectivity index (χ2n) is 6.30. The number of nitrogens with zero attached hydrogens (tertiary/aromatic N) is 2. The van der Waals surface area contributed by atoms with Crippen LogP contribution in [0.15, 0.2) is 59.4 Å². The van der Waals surface area contributed by atoms with Crippen molar-refractivity contribution in [2.75, 3.05) is 32.7 Å². The largest absolute Gasteiger partial charge is 0.368 e. The second kappa shape index (κ2) is 8.38. The van der Waals surface area contributed by atoms with E-state index in [9.17, 15) is 9.18 Å². The highest BCUT2D eigenvalue weighted by molar-refractivity contribution is 6.30. The second-order valence-corrected chi connectivity index (χ2v) is 6.78. The Bertz CT molecular complexity index is 756. The van der Waals surface area contributed by atoms with Gasteiger partial charge in [0.15, 0.2) is 0 Å². The van der Waals surface area contributed by atoms with Gasteiger partial charge in [-0.25, -0.2) is 9.18 Å². The molecule has 7 heteroatoms. The number of urea groups is 1. The van der Waals surface area contributed by atoms with E-state index in [0.29, 0.717) is 18.1 Å². The van der Waals surface area contributed by atoms with Gasteiger partial charge in [-0.05, 0) is 29.8 Å². The maximum atomic E-state index is 13.4. The van der Waals surface area contributed by atoms with Gasteiger partial charge in [-0.15, -0.1) is 0 Å². The molecule has 138 valence electrons. The lowest BCUT2D eigenvalue weighted by Crippen LogP contribution is -2.43. The summed E-state index contributed by atoms with van der Waals surface area (Å²) in [6.45, 7) is 7.93.